The van der Waals surface area contributed by atoms with Gasteiger partial charge in [-0.3, -0.25) is 0 Å². The van der Waals surface area contributed by atoms with Gasteiger partial charge < -0.3 is 10.2 Å². The fourth-order valence-electron chi connectivity index (χ4n) is 3.56. The van der Waals surface area contributed by atoms with Crippen LogP contribution < -0.4 is 10.2 Å². The zero-order valence-electron chi connectivity index (χ0n) is 15.9. The number of anilines is 2. The van der Waals surface area contributed by atoms with Crippen LogP contribution in [0.3, 0.4) is 0 Å². The lowest BCUT2D eigenvalue weighted by molar-refractivity contribution is 0.573. The predicted molar refractivity (Wildman–Crippen MR) is 112 cm³/mol. The molecule has 1 aliphatic rings. The highest BCUT2D eigenvalue weighted by Gasteiger charge is 2.15. The van der Waals surface area contributed by atoms with Crippen LogP contribution in [0, 0.1) is 6.92 Å². The summed E-state index contributed by atoms with van der Waals surface area (Å²) in [5.41, 5.74) is 4.60. The van der Waals surface area contributed by atoms with E-state index in [1.807, 2.05) is 6.07 Å². The van der Waals surface area contributed by atoms with Crippen LogP contribution in [0.5, 0.6) is 0 Å². The second-order valence-corrected chi connectivity index (χ2v) is 7.19. The van der Waals surface area contributed by atoms with Gasteiger partial charge in [-0.25, -0.2) is 4.98 Å². The van der Waals surface area contributed by atoms with Crippen LogP contribution in [-0.2, 0) is 6.54 Å². The predicted octanol–water partition coefficient (Wildman–Crippen LogP) is 5.05. The molecule has 0 amide bonds. The molecule has 0 unspecified atom stereocenters. The highest BCUT2D eigenvalue weighted by atomic mass is 15.2. The number of rotatable bonds is 5. The summed E-state index contributed by atoms with van der Waals surface area (Å²) in [5, 5.41) is 3.43. The van der Waals surface area contributed by atoms with Gasteiger partial charge in [-0.05, 0) is 31.7 Å². The minimum atomic E-state index is 0.693. The Morgan fingerprint density at radius 1 is 0.889 bits per heavy atom. The third kappa shape index (κ3) is 4.45. The lowest BCUT2D eigenvalue weighted by Gasteiger charge is -2.28. The molecule has 0 saturated carbocycles. The number of aromatic nitrogens is 2. The van der Waals surface area contributed by atoms with E-state index >= 15 is 0 Å². The molecule has 1 saturated heterocycles. The number of nitrogens with one attached hydrogen (secondary N) is 1. The number of aryl methyl sites for hydroxylation is 1. The SMILES string of the molecule is Cc1cccc(CNc2nc(-c3ccccc3)cc(N3CCCCC3)n2)c1. The fraction of sp³-hybridized carbons (Fsp3) is 0.304. The van der Waals surface area contributed by atoms with Crippen LogP contribution in [0.25, 0.3) is 11.3 Å². The zero-order chi connectivity index (χ0) is 18.5. The van der Waals surface area contributed by atoms with E-state index < -0.39 is 0 Å². The van der Waals surface area contributed by atoms with Crippen molar-refractivity contribution in [2.24, 2.45) is 0 Å². The van der Waals surface area contributed by atoms with E-state index in [1.165, 1.54) is 30.4 Å². The van der Waals surface area contributed by atoms with E-state index in [-0.39, 0.29) is 0 Å². The third-order valence-electron chi connectivity index (χ3n) is 5.00. The average Bonchev–Trinajstić information content (AvgIpc) is 2.73. The first-order chi connectivity index (χ1) is 13.3. The summed E-state index contributed by atoms with van der Waals surface area (Å²) in [5.74, 6) is 1.72. The molecule has 1 N–H and O–H groups in total. The first-order valence-electron chi connectivity index (χ1n) is 9.77. The molecule has 4 rings (SSSR count). The minimum absolute atomic E-state index is 0.693. The van der Waals surface area contributed by atoms with Crippen molar-refractivity contribution >= 4 is 11.8 Å². The Labute approximate surface area is 161 Å². The second-order valence-electron chi connectivity index (χ2n) is 7.19. The van der Waals surface area contributed by atoms with Crippen LogP contribution in [0.2, 0.25) is 0 Å². The molecule has 0 bridgehead atoms. The molecule has 1 aromatic heterocycles. The number of piperidine rings is 1. The van der Waals surface area contributed by atoms with Crippen molar-refractivity contribution < 1.29 is 0 Å². The fourth-order valence-corrected chi connectivity index (χ4v) is 3.56. The zero-order valence-corrected chi connectivity index (χ0v) is 15.9. The Morgan fingerprint density at radius 2 is 1.70 bits per heavy atom. The molecule has 0 radical (unpaired) electrons. The Morgan fingerprint density at radius 3 is 2.48 bits per heavy atom. The van der Waals surface area contributed by atoms with Crippen molar-refractivity contribution in [2.75, 3.05) is 23.3 Å². The second kappa shape index (κ2) is 8.21. The van der Waals surface area contributed by atoms with Crippen LogP contribution in [0.15, 0.2) is 60.7 Å². The van der Waals surface area contributed by atoms with Crippen LogP contribution in [0.1, 0.15) is 30.4 Å². The van der Waals surface area contributed by atoms with Crippen molar-refractivity contribution in [3.8, 4) is 11.3 Å². The largest absolute Gasteiger partial charge is 0.356 e. The molecule has 1 aliphatic heterocycles. The highest BCUT2D eigenvalue weighted by molar-refractivity contribution is 5.64. The average molecular weight is 358 g/mol. The Kier molecular flexibility index (Phi) is 5.33. The smallest absolute Gasteiger partial charge is 0.225 e. The number of nitrogens with zero attached hydrogens (tertiary/aromatic N) is 3. The van der Waals surface area contributed by atoms with Crippen molar-refractivity contribution in [1.82, 2.24) is 9.97 Å². The normalized spacial score (nSPS) is 14.2. The molecule has 4 nitrogen and oxygen atoms in total. The van der Waals surface area contributed by atoms with Gasteiger partial charge in [0.05, 0.1) is 5.69 Å². The summed E-state index contributed by atoms with van der Waals surface area (Å²) in [7, 11) is 0. The first-order valence-corrected chi connectivity index (χ1v) is 9.77. The van der Waals surface area contributed by atoms with E-state index in [2.05, 4.69) is 71.7 Å². The van der Waals surface area contributed by atoms with Crippen molar-refractivity contribution in [3.05, 3.63) is 71.8 Å². The van der Waals surface area contributed by atoms with Gasteiger partial charge in [0, 0.05) is 31.3 Å². The molecule has 1 fully saturated rings. The van der Waals surface area contributed by atoms with Gasteiger partial charge in [0.15, 0.2) is 0 Å². The molecule has 2 aromatic carbocycles. The number of benzene rings is 2. The maximum absolute atomic E-state index is 4.82. The van der Waals surface area contributed by atoms with Crippen LogP contribution >= 0.6 is 0 Å². The first kappa shape index (κ1) is 17.5. The number of hydrogen-bond donors (Lipinski definition) is 1. The minimum Gasteiger partial charge on any atom is -0.356 e. The quantitative estimate of drug-likeness (QED) is 0.692. The van der Waals surface area contributed by atoms with E-state index in [4.69, 9.17) is 9.97 Å². The van der Waals surface area contributed by atoms with E-state index in [1.54, 1.807) is 0 Å². The Hall–Kier alpha value is -2.88. The summed E-state index contributed by atoms with van der Waals surface area (Å²) in [4.78, 5) is 12.0. The number of hydrogen-bond acceptors (Lipinski definition) is 4. The summed E-state index contributed by atoms with van der Waals surface area (Å²) in [6.45, 7) is 4.98. The summed E-state index contributed by atoms with van der Waals surface area (Å²) >= 11 is 0. The molecular formula is C23H26N4. The van der Waals surface area contributed by atoms with Crippen molar-refractivity contribution in [3.63, 3.8) is 0 Å². The topological polar surface area (TPSA) is 41.1 Å². The van der Waals surface area contributed by atoms with Crippen molar-refractivity contribution in [2.45, 2.75) is 32.7 Å². The van der Waals surface area contributed by atoms with E-state index in [0.29, 0.717) is 5.95 Å². The molecule has 0 aliphatic carbocycles. The monoisotopic (exact) mass is 358 g/mol. The molecule has 27 heavy (non-hydrogen) atoms. The lowest BCUT2D eigenvalue weighted by Crippen LogP contribution is -2.30. The van der Waals surface area contributed by atoms with E-state index in [9.17, 15) is 0 Å². The highest BCUT2D eigenvalue weighted by Crippen LogP contribution is 2.25. The maximum atomic E-state index is 4.82. The summed E-state index contributed by atoms with van der Waals surface area (Å²) in [6.07, 6.45) is 3.78. The molecule has 4 heteroatoms. The van der Waals surface area contributed by atoms with Gasteiger partial charge in [0.1, 0.15) is 5.82 Å². The van der Waals surface area contributed by atoms with Gasteiger partial charge in [-0.15, -0.1) is 0 Å². The van der Waals surface area contributed by atoms with Crippen molar-refractivity contribution in [1.29, 1.82) is 0 Å². The standard InChI is InChI=1S/C23H26N4/c1-18-9-8-10-19(15-18)17-24-23-25-21(20-11-4-2-5-12-20)16-22(26-23)27-13-6-3-7-14-27/h2,4-5,8-12,15-16H,3,6-7,13-14,17H2,1H3,(H,24,25,26). The van der Waals surface area contributed by atoms with E-state index in [0.717, 1.165) is 36.7 Å². The van der Waals surface area contributed by atoms with Gasteiger partial charge in [0.2, 0.25) is 5.95 Å². The summed E-state index contributed by atoms with van der Waals surface area (Å²) < 4.78 is 0. The van der Waals surface area contributed by atoms with Gasteiger partial charge in [-0.1, -0.05) is 60.2 Å². The molecule has 2 heterocycles. The van der Waals surface area contributed by atoms with Crippen LogP contribution in [-0.4, -0.2) is 23.1 Å². The van der Waals surface area contributed by atoms with Gasteiger partial charge >= 0.3 is 0 Å². The lowest BCUT2D eigenvalue weighted by atomic mass is 10.1. The molecule has 138 valence electrons. The summed E-state index contributed by atoms with van der Waals surface area (Å²) in [6, 6.07) is 21.0. The third-order valence-corrected chi connectivity index (χ3v) is 5.00. The Balaban J connectivity index is 1.62. The van der Waals surface area contributed by atoms with Gasteiger partial charge in [-0.2, -0.15) is 4.98 Å². The maximum Gasteiger partial charge on any atom is 0.225 e. The van der Waals surface area contributed by atoms with Crippen LogP contribution in [0.4, 0.5) is 11.8 Å². The molecule has 0 atom stereocenters. The molecule has 0 spiro atoms. The molecular weight excluding hydrogens is 332 g/mol. The molecule has 3 aromatic rings. The Bertz CT molecular complexity index is 886. The van der Waals surface area contributed by atoms with Gasteiger partial charge in [0.25, 0.3) is 0 Å².